The van der Waals surface area contributed by atoms with Crippen molar-refractivity contribution < 1.29 is 4.79 Å². The molecule has 0 fully saturated rings. The second kappa shape index (κ2) is 4.98. The van der Waals surface area contributed by atoms with Gasteiger partial charge in [0, 0.05) is 18.8 Å². The Hall–Kier alpha value is -1.56. The Morgan fingerprint density at radius 2 is 2.25 bits per heavy atom. The molecule has 2 rings (SSSR count). The normalized spacial score (nSPS) is 10.6. The molecule has 1 N–H and O–H groups in total. The van der Waals surface area contributed by atoms with Crippen LogP contribution in [0.25, 0.3) is 10.5 Å². The van der Waals surface area contributed by atoms with E-state index in [1.807, 2.05) is 0 Å². The van der Waals surface area contributed by atoms with Gasteiger partial charge >= 0.3 is 0 Å². The van der Waals surface area contributed by atoms with Gasteiger partial charge in [-0.05, 0) is 6.42 Å². The summed E-state index contributed by atoms with van der Waals surface area (Å²) in [4.78, 5) is 24.6. The standard InChI is InChI=1S/C10H12N4OS/c1-2-3-4-7(15)13-10-14-8-9(16-10)12-6-5-11-8/h5-6H,2-4H2,1H3,(H,11,13,14,15). The second-order valence-electron chi connectivity index (χ2n) is 3.36. The Labute approximate surface area is 96.9 Å². The summed E-state index contributed by atoms with van der Waals surface area (Å²) in [5.74, 6) is 0.000839. The average Bonchev–Trinajstić information content (AvgIpc) is 2.68. The first kappa shape index (κ1) is 10.9. The summed E-state index contributed by atoms with van der Waals surface area (Å²) in [7, 11) is 0. The summed E-state index contributed by atoms with van der Waals surface area (Å²) in [5, 5.41) is 3.33. The number of aromatic nitrogens is 3. The lowest BCUT2D eigenvalue weighted by Crippen LogP contribution is -2.10. The summed E-state index contributed by atoms with van der Waals surface area (Å²) in [6.07, 6.45) is 5.64. The molecule has 16 heavy (non-hydrogen) atoms. The highest BCUT2D eigenvalue weighted by Crippen LogP contribution is 2.21. The fourth-order valence-corrected chi connectivity index (χ4v) is 2.03. The van der Waals surface area contributed by atoms with E-state index < -0.39 is 0 Å². The summed E-state index contributed by atoms with van der Waals surface area (Å²) in [6, 6.07) is 0. The van der Waals surface area contributed by atoms with Gasteiger partial charge in [-0.3, -0.25) is 4.79 Å². The first-order valence-electron chi connectivity index (χ1n) is 5.17. The van der Waals surface area contributed by atoms with Gasteiger partial charge < -0.3 is 5.32 Å². The molecule has 0 bridgehead atoms. The van der Waals surface area contributed by atoms with Crippen LogP contribution in [0.1, 0.15) is 26.2 Å². The summed E-state index contributed by atoms with van der Waals surface area (Å²) >= 11 is 1.34. The van der Waals surface area contributed by atoms with Crippen LogP contribution < -0.4 is 5.32 Å². The van der Waals surface area contributed by atoms with Crippen molar-refractivity contribution in [1.82, 2.24) is 15.0 Å². The molecule has 0 aliphatic rings. The predicted octanol–water partition coefficient (Wildman–Crippen LogP) is 2.21. The first-order chi connectivity index (χ1) is 7.79. The van der Waals surface area contributed by atoms with Gasteiger partial charge in [-0.2, -0.15) is 4.98 Å². The molecule has 2 heterocycles. The van der Waals surface area contributed by atoms with Crippen LogP contribution in [-0.4, -0.2) is 20.9 Å². The smallest absolute Gasteiger partial charge is 0.226 e. The maximum Gasteiger partial charge on any atom is 0.226 e. The maximum atomic E-state index is 11.5. The molecule has 0 spiro atoms. The van der Waals surface area contributed by atoms with E-state index in [9.17, 15) is 4.79 Å². The molecule has 0 aliphatic carbocycles. The minimum atomic E-state index is 0.000839. The Balaban J connectivity index is 2.07. The molecule has 0 saturated heterocycles. The fourth-order valence-electron chi connectivity index (χ4n) is 1.25. The van der Waals surface area contributed by atoms with Crippen LogP contribution in [0.3, 0.4) is 0 Å². The summed E-state index contributed by atoms with van der Waals surface area (Å²) in [5.41, 5.74) is 0.582. The number of anilines is 1. The number of carbonyl (C=O) groups is 1. The van der Waals surface area contributed by atoms with Crippen LogP contribution in [0.4, 0.5) is 5.13 Å². The van der Waals surface area contributed by atoms with Crippen LogP contribution in [-0.2, 0) is 4.79 Å². The van der Waals surface area contributed by atoms with Crippen molar-refractivity contribution in [3.05, 3.63) is 12.4 Å². The zero-order valence-electron chi connectivity index (χ0n) is 8.93. The van der Waals surface area contributed by atoms with E-state index in [1.54, 1.807) is 12.4 Å². The van der Waals surface area contributed by atoms with Gasteiger partial charge in [0.05, 0.1) is 0 Å². The quantitative estimate of drug-likeness (QED) is 0.883. The number of amides is 1. The molecular formula is C10H12N4OS. The lowest BCUT2D eigenvalue weighted by molar-refractivity contribution is -0.116. The molecule has 0 aliphatic heterocycles. The molecule has 84 valence electrons. The third kappa shape index (κ3) is 2.52. The number of carbonyl (C=O) groups excluding carboxylic acids is 1. The van der Waals surface area contributed by atoms with Gasteiger partial charge in [-0.25, -0.2) is 9.97 Å². The highest BCUT2D eigenvalue weighted by atomic mass is 32.1. The Morgan fingerprint density at radius 3 is 3.00 bits per heavy atom. The molecule has 0 radical (unpaired) electrons. The van der Waals surface area contributed by atoms with Crippen LogP contribution in [0.15, 0.2) is 12.4 Å². The van der Waals surface area contributed by atoms with Crippen molar-refractivity contribution in [1.29, 1.82) is 0 Å². The fraction of sp³-hybridized carbons (Fsp3) is 0.400. The number of nitrogens with zero attached hydrogens (tertiary/aromatic N) is 3. The number of hydrogen-bond donors (Lipinski definition) is 1. The average molecular weight is 236 g/mol. The number of unbranched alkanes of at least 4 members (excludes halogenated alkanes) is 1. The third-order valence-electron chi connectivity index (χ3n) is 2.05. The van der Waals surface area contributed by atoms with E-state index in [4.69, 9.17) is 0 Å². The number of thiazole rings is 1. The van der Waals surface area contributed by atoms with E-state index in [1.165, 1.54) is 11.3 Å². The molecule has 5 nitrogen and oxygen atoms in total. The van der Waals surface area contributed by atoms with Gasteiger partial charge in [0.25, 0.3) is 0 Å². The molecule has 0 aromatic carbocycles. The summed E-state index contributed by atoms with van der Waals surface area (Å²) in [6.45, 7) is 2.05. The number of hydrogen-bond acceptors (Lipinski definition) is 5. The van der Waals surface area contributed by atoms with Crippen molar-refractivity contribution >= 4 is 32.9 Å². The second-order valence-corrected chi connectivity index (χ2v) is 4.33. The minimum absolute atomic E-state index is 0.000839. The zero-order valence-corrected chi connectivity index (χ0v) is 9.75. The van der Waals surface area contributed by atoms with Crippen molar-refractivity contribution in [3.63, 3.8) is 0 Å². The van der Waals surface area contributed by atoms with E-state index in [0.29, 0.717) is 17.2 Å². The summed E-state index contributed by atoms with van der Waals surface area (Å²) < 4.78 is 0. The maximum absolute atomic E-state index is 11.5. The first-order valence-corrected chi connectivity index (χ1v) is 5.98. The molecule has 0 atom stereocenters. The monoisotopic (exact) mass is 236 g/mol. The Bertz CT molecular complexity index is 463. The molecule has 6 heteroatoms. The molecule has 1 amide bonds. The minimum Gasteiger partial charge on any atom is -0.302 e. The number of nitrogens with one attached hydrogen (secondary N) is 1. The lowest BCUT2D eigenvalue weighted by atomic mass is 10.2. The molecule has 2 aromatic heterocycles. The van der Waals surface area contributed by atoms with E-state index >= 15 is 0 Å². The van der Waals surface area contributed by atoms with Gasteiger partial charge in [-0.15, -0.1) is 0 Å². The highest BCUT2D eigenvalue weighted by Gasteiger charge is 2.08. The topological polar surface area (TPSA) is 67.8 Å². The van der Waals surface area contributed by atoms with Gasteiger partial charge in [0.2, 0.25) is 5.91 Å². The van der Waals surface area contributed by atoms with Gasteiger partial charge in [0.15, 0.2) is 15.6 Å². The number of rotatable bonds is 4. The Kier molecular flexibility index (Phi) is 3.40. The van der Waals surface area contributed by atoms with Crippen LogP contribution in [0.2, 0.25) is 0 Å². The van der Waals surface area contributed by atoms with Crippen molar-refractivity contribution in [2.45, 2.75) is 26.2 Å². The zero-order chi connectivity index (χ0) is 11.4. The van der Waals surface area contributed by atoms with Crippen LogP contribution >= 0.6 is 11.3 Å². The lowest BCUT2D eigenvalue weighted by Gasteiger charge is -1.98. The van der Waals surface area contributed by atoms with Crippen molar-refractivity contribution in [2.24, 2.45) is 0 Å². The molecule has 0 unspecified atom stereocenters. The van der Waals surface area contributed by atoms with Crippen LogP contribution in [0.5, 0.6) is 0 Å². The van der Waals surface area contributed by atoms with E-state index in [2.05, 4.69) is 27.2 Å². The van der Waals surface area contributed by atoms with E-state index in [-0.39, 0.29) is 5.91 Å². The Morgan fingerprint density at radius 1 is 1.44 bits per heavy atom. The van der Waals surface area contributed by atoms with Crippen molar-refractivity contribution in [2.75, 3.05) is 5.32 Å². The molecular weight excluding hydrogens is 224 g/mol. The van der Waals surface area contributed by atoms with Gasteiger partial charge in [-0.1, -0.05) is 24.7 Å². The van der Waals surface area contributed by atoms with Crippen LogP contribution in [0, 0.1) is 0 Å². The molecule has 2 aromatic rings. The third-order valence-corrected chi connectivity index (χ3v) is 2.92. The van der Waals surface area contributed by atoms with E-state index in [0.717, 1.165) is 17.7 Å². The van der Waals surface area contributed by atoms with Crippen molar-refractivity contribution in [3.8, 4) is 0 Å². The largest absolute Gasteiger partial charge is 0.302 e. The number of fused-ring (bicyclic) bond motifs is 1. The predicted molar refractivity (Wildman–Crippen MR) is 63.4 cm³/mol. The highest BCUT2D eigenvalue weighted by molar-refractivity contribution is 7.21. The SMILES string of the molecule is CCCCC(=O)Nc1nc2nccnc2s1. The molecule has 0 saturated carbocycles. The van der Waals surface area contributed by atoms with Gasteiger partial charge in [0.1, 0.15) is 0 Å².